The molecule has 0 aliphatic carbocycles. The van der Waals surface area contributed by atoms with Crippen LogP contribution in [-0.2, 0) is 38.1 Å². The second kappa shape index (κ2) is 9.17. The van der Waals surface area contributed by atoms with Crippen molar-refractivity contribution in [2.24, 2.45) is 11.8 Å². The molecule has 3 aliphatic rings. The van der Waals surface area contributed by atoms with Crippen LogP contribution in [-0.4, -0.2) is 76.9 Å². The number of aryl methyl sites for hydroxylation is 1. The van der Waals surface area contributed by atoms with Crippen LogP contribution in [0.1, 0.15) is 5.56 Å². The molecule has 0 aromatic heterocycles. The normalized spacial score (nSPS) is 26.8. The third kappa shape index (κ3) is 4.58. The number of fused-ring (bicyclic) bond motifs is 5. The highest BCUT2D eigenvalue weighted by Crippen LogP contribution is 2.44. The molecule has 0 spiro atoms. The predicted molar refractivity (Wildman–Crippen MR) is 107 cm³/mol. The maximum Gasteiger partial charge on any atom is 0.297 e. The lowest BCUT2D eigenvalue weighted by molar-refractivity contribution is -0.143. The maximum atomic E-state index is 12.5. The van der Waals surface area contributed by atoms with E-state index in [4.69, 9.17) is 18.4 Å². The number of imide groups is 1. The highest BCUT2D eigenvalue weighted by atomic mass is 32.2. The van der Waals surface area contributed by atoms with E-state index in [1.54, 1.807) is 12.1 Å². The molecule has 0 N–H and O–H groups in total. The third-order valence-corrected chi connectivity index (χ3v) is 6.94. The zero-order valence-electron chi connectivity index (χ0n) is 17.1. The molecule has 4 atom stereocenters. The first kappa shape index (κ1) is 22.1. The molecule has 0 radical (unpaired) electrons. The third-order valence-electron chi connectivity index (χ3n) is 5.61. The van der Waals surface area contributed by atoms with Gasteiger partial charge in [0.05, 0.1) is 68.5 Å². The summed E-state index contributed by atoms with van der Waals surface area (Å²) in [7, 11) is -3.80. The number of hydrogen-bond donors (Lipinski definition) is 0. The monoisotopic (exact) mass is 451 g/mol. The van der Waals surface area contributed by atoms with Crippen molar-refractivity contribution in [1.82, 2.24) is 4.90 Å². The first-order chi connectivity index (χ1) is 14.9. The van der Waals surface area contributed by atoms with Crippen LogP contribution in [0.2, 0.25) is 0 Å². The first-order valence-electron chi connectivity index (χ1n) is 10.2. The van der Waals surface area contributed by atoms with Crippen molar-refractivity contribution in [3.8, 4) is 0 Å². The SMILES string of the molecule is Cc1ccc(S(=O)(=O)OCCOCCOCCN2C(=O)C3C4C=CC(O4)C3C2=O)cc1. The van der Waals surface area contributed by atoms with Gasteiger partial charge in [-0.25, -0.2) is 0 Å². The largest absolute Gasteiger partial charge is 0.377 e. The van der Waals surface area contributed by atoms with Crippen molar-refractivity contribution in [1.29, 1.82) is 0 Å². The molecular weight excluding hydrogens is 426 g/mol. The zero-order valence-corrected chi connectivity index (χ0v) is 18.0. The number of carbonyl (C=O) groups is 2. The van der Waals surface area contributed by atoms with Crippen molar-refractivity contribution < 1.29 is 36.4 Å². The Balaban J connectivity index is 1.08. The van der Waals surface area contributed by atoms with Crippen LogP contribution in [0.3, 0.4) is 0 Å². The molecular formula is C21H25NO8S. The summed E-state index contributed by atoms with van der Waals surface area (Å²) in [4.78, 5) is 26.3. The number of benzene rings is 1. The van der Waals surface area contributed by atoms with Gasteiger partial charge < -0.3 is 14.2 Å². The molecule has 168 valence electrons. The van der Waals surface area contributed by atoms with Crippen molar-refractivity contribution in [2.75, 3.05) is 39.6 Å². The molecule has 2 fully saturated rings. The van der Waals surface area contributed by atoms with E-state index in [9.17, 15) is 18.0 Å². The van der Waals surface area contributed by atoms with Crippen LogP contribution in [0.15, 0.2) is 41.3 Å². The summed E-state index contributed by atoms with van der Waals surface area (Å²) >= 11 is 0. The first-order valence-corrected chi connectivity index (χ1v) is 11.6. The van der Waals surface area contributed by atoms with Crippen LogP contribution in [0, 0.1) is 18.8 Å². The van der Waals surface area contributed by atoms with Gasteiger partial charge in [0.15, 0.2) is 0 Å². The van der Waals surface area contributed by atoms with Crippen LogP contribution in [0.25, 0.3) is 0 Å². The van der Waals surface area contributed by atoms with Gasteiger partial charge in [-0.1, -0.05) is 29.8 Å². The molecule has 9 nitrogen and oxygen atoms in total. The van der Waals surface area contributed by atoms with E-state index in [1.165, 1.54) is 17.0 Å². The number of likely N-dealkylation sites (tertiary alicyclic amines) is 1. The van der Waals surface area contributed by atoms with Crippen molar-refractivity contribution in [3.63, 3.8) is 0 Å². The zero-order chi connectivity index (χ0) is 22.0. The number of hydrogen-bond acceptors (Lipinski definition) is 8. The Bertz CT molecular complexity index is 928. The number of ether oxygens (including phenoxy) is 3. The molecule has 4 unspecified atom stereocenters. The molecule has 1 aromatic rings. The maximum absolute atomic E-state index is 12.5. The quantitative estimate of drug-likeness (QED) is 0.209. The number of nitrogens with zero attached hydrogens (tertiary/aromatic N) is 1. The van der Waals surface area contributed by atoms with Crippen LogP contribution < -0.4 is 0 Å². The van der Waals surface area contributed by atoms with E-state index in [-0.39, 0.29) is 68.5 Å². The van der Waals surface area contributed by atoms with Gasteiger partial charge in [0.25, 0.3) is 10.1 Å². The van der Waals surface area contributed by atoms with Crippen molar-refractivity contribution in [2.45, 2.75) is 24.0 Å². The minimum atomic E-state index is -3.80. The van der Waals surface area contributed by atoms with Crippen LogP contribution >= 0.6 is 0 Å². The summed E-state index contributed by atoms with van der Waals surface area (Å²) in [5.41, 5.74) is 0.960. The smallest absolute Gasteiger partial charge is 0.297 e. The second-order valence-electron chi connectivity index (χ2n) is 7.64. The summed E-state index contributed by atoms with van der Waals surface area (Å²) in [5.74, 6) is -1.19. The highest BCUT2D eigenvalue weighted by Gasteiger charge is 2.60. The molecule has 4 rings (SSSR count). The Labute approximate surface area is 181 Å². The summed E-state index contributed by atoms with van der Waals surface area (Å²) in [5, 5.41) is 0. The van der Waals surface area contributed by atoms with Gasteiger partial charge in [-0.15, -0.1) is 0 Å². The summed E-state index contributed by atoms with van der Waals surface area (Å²) < 4.78 is 45.4. The fourth-order valence-corrected chi connectivity index (χ4v) is 4.93. The van der Waals surface area contributed by atoms with Gasteiger partial charge in [0.1, 0.15) is 0 Å². The van der Waals surface area contributed by atoms with Gasteiger partial charge in [0, 0.05) is 0 Å². The fraction of sp³-hybridized carbons (Fsp3) is 0.524. The summed E-state index contributed by atoms with van der Waals surface area (Å²) in [6.45, 7) is 2.76. The van der Waals surface area contributed by atoms with Gasteiger partial charge >= 0.3 is 0 Å². The van der Waals surface area contributed by atoms with Crippen molar-refractivity contribution in [3.05, 3.63) is 42.0 Å². The fourth-order valence-electron chi connectivity index (χ4n) is 4.04. The molecule has 2 saturated heterocycles. The molecule has 2 amide bonds. The minimum Gasteiger partial charge on any atom is -0.377 e. The van der Waals surface area contributed by atoms with Gasteiger partial charge in [-0.2, -0.15) is 8.42 Å². The lowest BCUT2D eigenvalue weighted by atomic mass is 9.85. The van der Waals surface area contributed by atoms with Crippen LogP contribution in [0.4, 0.5) is 0 Å². The topological polar surface area (TPSA) is 108 Å². The van der Waals surface area contributed by atoms with E-state index in [2.05, 4.69) is 0 Å². The number of carbonyl (C=O) groups excluding carboxylic acids is 2. The van der Waals surface area contributed by atoms with Gasteiger partial charge in [0.2, 0.25) is 11.8 Å². The number of rotatable bonds is 11. The van der Waals surface area contributed by atoms with Crippen molar-refractivity contribution >= 4 is 21.9 Å². The predicted octanol–water partition coefficient (Wildman–Crippen LogP) is 0.672. The van der Waals surface area contributed by atoms with E-state index in [1.807, 2.05) is 19.1 Å². The number of amides is 2. The van der Waals surface area contributed by atoms with Gasteiger partial charge in [-0.05, 0) is 19.1 Å². The highest BCUT2D eigenvalue weighted by molar-refractivity contribution is 7.86. The Morgan fingerprint density at radius 3 is 2.03 bits per heavy atom. The van der Waals surface area contributed by atoms with E-state index in [0.29, 0.717) is 0 Å². The Morgan fingerprint density at radius 2 is 1.42 bits per heavy atom. The van der Waals surface area contributed by atoms with E-state index < -0.39 is 22.0 Å². The Kier molecular flexibility index (Phi) is 6.54. The molecule has 0 saturated carbocycles. The average Bonchev–Trinajstić information content (AvgIpc) is 3.42. The summed E-state index contributed by atoms with van der Waals surface area (Å²) in [6.07, 6.45) is 3.12. The molecule has 3 aliphatic heterocycles. The lowest BCUT2D eigenvalue weighted by Gasteiger charge is -2.17. The van der Waals surface area contributed by atoms with E-state index in [0.717, 1.165) is 5.56 Å². The Hall–Kier alpha value is -2.11. The molecule has 31 heavy (non-hydrogen) atoms. The second-order valence-corrected chi connectivity index (χ2v) is 9.26. The summed E-state index contributed by atoms with van der Waals surface area (Å²) in [6, 6.07) is 6.40. The van der Waals surface area contributed by atoms with E-state index >= 15 is 0 Å². The molecule has 3 heterocycles. The molecule has 1 aromatic carbocycles. The lowest BCUT2D eigenvalue weighted by Crippen LogP contribution is -2.37. The standard InChI is InChI=1S/C21H25NO8S/c1-14-2-4-15(5-3-14)31(25,26)29-13-12-28-11-10-27-9-8-22-20(23)18-16-6-7-17(30-16)19(18)21(22)24/h2-7,16-19H,8-13H2,1H3. The minimum absolute atomic E-state index is 0.0939. The molecule has 2 bridgehead atoms. The van der Waals surface area contributed by atoms with Crippen LogP contribution in [0.5, 0.6) is 0 Å². The average molecular weight is 451 g/mol. The molecule has 10 heteroatoms. The van der Waals surface area contributed by atoms with Gasteiger partial charge in [-0.3, -0.25) is 18.7 Å². The Morgan fingerprint density at radius 1 is 0.871 bits per heavy atom.